The number of benzene rings is 1. The first-order chi connectivity index (χ1) is 12.0. The standard InChI is InChI=1S/C21H28O3S/c1-4-5-6-7-13(2)14(3)15-10-18(22)20-16-8-9-25-12-17(16)21(23)24-19(20)11-15/h10-11,13-14,22H,4-9,12H2,1-3H3. The summed E-state index contributed by atoms with van der Waals surface area (Å²) >= 11 is 1.75. The number of aryl methyl sites for hydroxylation is 1. The number of phenolic OH excluding ortho intramolecular Hbond substituents is 1. The Morgan fingerprint density at radius 2 is 2.04 bits per heavy atom. The van der Waals surface area contributed by atoms with Crippen molar-refractivity contribution in [2.45, 2.75) is 64.5 Å². The second-order valence-corrected chi connectivity index (χ2v) is 8.43. The molecule has 1 N–H and O–H groups in total. The van der Waals surface area contributed by atoms with Crippen LogP contribution in [0.4, 0.5) is 0 Å². The maximum atomic E-state index is 12.3. The highest BCUT2D eigenvalue weighted by molar-refractivity contribution is 7.98. The minimum Gasteiger partial charge on any atom is -0.507 e. The molecule has 136 valence electrons. The van der Waals surface area contributed by atoms with Crippen molar-refractivity contribution in [3.63, 3.8) is 0 Å². The van der Waals surface area contributed by atoms with E-state index in [-0.39, 0.29) is 11.4 Å². The van der Waals surface area contributed by atoms with Gasteiger partial charge < -0.3 is 9.52 Å². The molecule has 0 radical (unpaired) electrons. The summed E-state index contributed by atoms with van der Waals surface area (Å²) in [4.78, 5) is 12.3. The number of hydrogen-bond donors (Lipinski definition) is 1. The lowest BCUT2D eigenvalue weighted by Crippen LogP contribution is -2.15. The van der Waals surface area contributed by atoms with Crippen molar-refractivity contribution in [3.05, 3.63) is 39.2 Å². The van der Waals surface area contributed by atoms with E-state index in [9.17, 15) is 9.90 Å². The number of rotatable bonds is 6. The molecule has 1 aromatic heterocycles. The number of aromatic hydroxyl groups is 1. The molecular weight excluding hydrogens is 332 g/mol. The van der Waals surface area contributed by atoms with Crippen molar-refractivity contribution in [1.82, 2.24) is 0 Å². The van der Waals surface area contributed by atoms with Gasteiger partial charge in [0.2, 0.25) is 0 Å². The van der Waals surface area contributed by atoms with Crippen LogP contribution in [-0.2, 0) is 12.2 Å². The zero-order valence-corrected chi connectivity index (χ0v) is 16.2. The smallest absolute Gasteiger partial charge is 0.340 e. The van der Waals surface area contributed by atoms with E-state index in [1.807, 2.05) is 12.1 Å². The van der Waals surface area contributed by atoms with Crippen LogP contribution < -0.4 is 5.63 Å². The summed E-state index contributed by atoms with van der Waals surface area (Å²) in [6, 6.07) is 3.85. The Kier molecular flexibility index (Phi) is 5.78. The van der Waals surface area contributed by atoms with Gasteiger partial charge in [-0.1, -0.05) is 46.5 Å². The quantitative estimate of drug-likeness (QED) is 0.537. The summed E-state index contributed by atoms with van der Waals surface area (Å²) in [6.07, 6.45) is 5.73. The summed E-state index contributed by atoms with van der Waals surface area (Å²) in [5.41, 5.74) is 3.07. The van der Waals surface area contributed by atoms with Gasteiger partial charge in [0.15, 0.2) is 0 Å². The number of thioether (sulfide) groups is 1. The van der Waals surface area contributed by atoms with E-state index in [4.69, 9.17) is 4.42 Å². The summed E-state index contributed by atoms with van der Waals surface area (Å²) in [7, 11) is 0. The zero-order chi connectivity index (χ0) is 18.0. The Morgan fingerprint density at radius 1 is 1.24 bits per heavy atom. The Morgan fingerprint density at radius 3 is 2.80 bits per heavy atom. The van der Waals surface area contributed by atoms with Crippen LogP contribution in [0.15, 0.2) is 21.3 Å². The van der Waals surface area contributed by atoms with E-state index >= 15 is 0 Å². The predicted molar refractivity (Wildman–Crippen MR) is 106 cm³/mol. The fourth-order valence-corrected chi connectivity index (χ4v) is 4.76. The highest BCUT2D eigenvalue weighted by Crippen LogP contribution is 2.38. The van der Waals surface area contributed by atoms with Gasteiger partial charge in [0, 0.05) is 5.75 Å². The first-order valence-corrected chi connectivity index (χ1v) is 10.6. The third-order valence-corrected chi connectivity index (χ3v) is 6.59. The third kappa shape index (κ3) is 3.74. The molecule has 25 heavy (non-hydrogen) atoms. The molecule has 0 amide bonds. The molecule has 1 aromatic carbocycles. The number of phenols is 1. The minimum atomic E-state index is -0.241. The Hall–Kier alpha value is -1.42. The summed E-state index contributed by atoms with van der Waals surface area (Å²) in [6.45, 7) is 6.68. The topological polar surface area (TPSA) is 50.4 Å². The summed E-state index contributed by atoms with van der Waals surface area (Å²) < 4.78 is 5.58. The number of hydrogen-bond acceptors (Lipinski definition) is 4. The van der Waals surface area contributed by atoms with Crippen molar-refractivity contribution in [2.75, 3.05) is 5.75 Å². The molecule has 2 aromatic rings. The molecule has 0 spiro atoms. The van der Waals surface area contributed by atoms with Gasteiger partial charge in [-0.2, -0.15) is 11.8 Å². The fourth-order valence-electron chi connectivity index (χ4n) is 3.77. The number of fused-ring (bicyclic) bond motifs is 3. The van der Waals surface area contributed by atoms with E-state index in [1.54, 1.807) is 11.8 Å². The van der Waals surface area contributed by atoms with Gasteiger partial charge in [0.05, 0.1) is 10.9 Å². The molecule has 2 atom stereocenters. The third-order valence-electron chi connectivity index (χ3n) is 5.60. The van der Waals surface area contributed by atoms with E-state index in [0.29, 0.717) is 23.2 Å². The van der Waals surface area contributed by atoms with Gasteiger partial charge in [-0.05, 0) is 47.3 Å². The molecule has 4 heteroatoms. The largest absolute Gasteiger partial charge is 0.507 e. The van der Waals surface area contributed by atoms with E-state index in [0.717, 1.165) is 34.3 Å². The minimum absolute atomic E-state index is 0.241. The SMILES string of the molecule is CCCCCC(C)C(C)c1cc(O)c2c3c(c(=O)oc2c1)CSCC3. The lowest BCUT2D eigenvalue weighted by molar-refractivity contribution is 0.427. The average Bonchev–Trinajstić information content (AvgIpc) is 2.61. The first kappa shape index (κ1) is 18.4. The van der Waals surface area contributed by atoms with Crippen molar-refractivity contribution in [1.29, 1.82) is 0 Å². The Labute approximate surface area is 153 Å². The van der Waals surface area contributed by atoms with Crippen LogP contribution in [0.2, 0.25) is 0 Å². The molecule has 3 nitrogen and oxygen atoms in total. The normalized spacial score (nSPS) is 16.6. The molecule has 0 saturated heterocycles. The molecule has 0 saturated carbocycles. The molecular formula is C21H28O3S. The van der Waals surface area contributed by atoms with Crippen LogP contribution in [0.25, 0.3) is 11.0 Å². The first-order valence-electron chi connectivity index (χ1n) is 9.42. The summed E-state index contributed by atoms with van der Waals surface area (Å²) in [5, 5.41) is 11.4. The highest BCUT2D eigenvalue weighted by atomic mass is 32.2. The van der Waals surface area contributed by atoms with Crippen LogP contribution in [-0.4, -0.2) is 10.9 Å². The second kappa shape index (κ2) is 7.86. The van der Waals surface area contributed by atoms with Crippen LogP contribution in [0.5, 0.6) is 5.75 Å². The van der Waals surface area contributed by atoms with Crippen LogP contribution in [0.1, 0.15) is 69.1 Å². The molecule has 3 rings (SSSR count). The molecule has 1 aliphatic rings. The Balaban J connectivity index is 1.98. The van der Waals surface area contributed by atoms with Crippen LogP contribution in [0.3, 0.4) is 0 Å². The zero-order valence-electron chi connectivity index (χ0n) is 15.4. The van der Waals surface area contributed by atoms with Gasteiger partial charge in [0.1, 0.15) is 11.3 Å². The van der Waals surface area contributed by atoms with E-state index in [1.165, 1.54) is 25.7 Å². The van der Waals surface area contributed by atoms with E-state index < -0.39 is 0 Å². The fraction of sp³-hybridized carbons (Fsp3) is 0.571. The second-order valence-electron chi connectivity index (χ2n) is 7.32. The lowest BCUT2D eigenvalue weighted by Gasteiger charge is -2.22. The molecule has 0 aliphatic carbocycles. The van der Waals surface area contributed by atoms with E-state index in [2.05, 4.69) is 20.8 Å². The van der Waals surface area contributed by atoms with Crippen LogP contribution in [0, 0.1) is 5.92 Å². The maximum Gasteiger partial charge on any atom is 0.340 e. The Bertz CT molecular complexity index is 809. The van der Waals surface area contributed by atoms with Gasteiger partial charge in [-0.15, -0.1) is 0 Å². The molecule has 0 bridgehead atoms. The molecule has 2 unspecified atom stereocenters. The van der Waals surface area contributed by atoms with Gasteiger partial charge in [-0.3, -0.25) is 0 Å². The predicted octanol–water partition coefficient (Wildman–Crippen LogP) is 5.61. The lowest BCUT2D eigenvalue weighted by atomic mass is 9.84. The number of unbranched alkanes of at least 4 members (excludes halogenated alkanes) is 2. The molecule has 1 aliphatic heterocycles. The van der Waals surface area contributed by atoms with Gasteiger partial charge in [0.25, 0.3) is 0 Å². The van der Waals surface area contributed by atoms with Crippen molar-refractivity contribution in [2.24, 2.45) is 5.92 Å². The van der Waals surface area contributed by atoms with Crippen LogP contribution >= 0.6 is 11.8 Å². The van der Waals surface area contributed by atoms with Crippen molar-refractivity contribution in [3.8, 4) is 5.75 Å². The summed E-state index contributed by atoms with van der Waals surface area (Å²) in [5.74, 6) is 2.78. The van der Waals surface area contributed by atoms with Gasteiger partial charge >= 0.3 is 5.63 Å². The molecule has 2 heterocycles. The van der Waals surface area contributed by atoms with Crippen molar-refractivity contribution < 1.29 is 9.52 Å². The average molecular weight is 361 g/mol. The van der Waals surface area contributed by atoms with Crippen molar-refractivity contribution >= 4 is 22.7 Å². The maximum absolute atomic E-state index is 12.3. The monoisotopic (exact) mass is 360 g/mol. The molecule has 0 fully saturated rings. The van der Waals surface area contributed by atoms with Gasteiger partial charge in [-0.25, -0.2) is 4.79 Å². The highest BCUT2D eigenvalue weighted by Gasteiger charge is 2.23.